The van der Waals surface area contributed by atoms with Crippen LogP contribution in [0.4, 0.5) is 0 Å². The number of ether oxygens (including phenoxy) is 4. The number of methoxy groups -OCH3 is 1. The van der Waals surface area contributed by atoms with E-state index < -0.39 is 24.0 Å². The Balaban J connectivity index is 1.39. The van der Waals surface area contributed by atoms with Gasteiger partial charge in [0.2, 0.25) is 0 Å². The topological polar surface area (TPSA) is 114 Å². The van der Waals surface area contributed by atoms with Crippen molar-refractivity contribution in [1.29, 1.82) is 0 Å². The first-order chi connectivity index (χ1) is 20.9. The molecule has 0 saturated heterocycles. The monoisotopic (exact) mass is 590 g/mol. The van der Waals surface area contributed by atoms with Gasteiger partial charge in [0, 0.05) is 5.56 Å². The molecular formula is C34H42N2O7. The summed E-state index contributed by atoms with van der Waals surface area (Å²) >= 11 is 0. The summed E-state index contributed by atoms with van der Waals surface area (Å²) in [6, 6.07) is 13.4. The van der Waals surface area contributed by atoms with E-state index in [4.69, 9.17) is 14.2 Å². The molecule has 43 heavy (non-hydrogen) atoms. The molecule has 1 atom stereocenters. The fraction of sp³-hybridized carbons (Fsp3) is 0.441. The van der Waals surface area contributed by atoms with Crippen molar-refractivity contribution in [2.24, 2.45) is 0 Å². The minimum atomic E-state index is -1.04. The lowest BCUT2D eigenvalue weighted by molar-refractivity contribution is -0.149. The number of rotatable bonds is 18. The van der Waals surface area contributed by atoms with Crippen molar-refractivity contribution in [2.45, 2.75) is 84.2 Å². The van der Waals surface area contributed by atoms with E-state index in [1.54, 1.807) is 0 Å². The number of carbonyl (C=O) groups excluding carboxylic acids is 3. The summed E-state index contributed by atoms with van der Waals surface area (Å²) in [5.74, 6) is -1.03. The molecule has 0 aliphatic rings. The average Bonchev–Trinajstić information content (AvgIpc) is 3.03. The zero-order valence-electron chi connectivity index (χ0n) is 25.4. The first-order valence-corrected chi connectivity index (χ1v) is 15.1. The van der Waals surface area contributed by atoms with Gasteiger partial charge in [-0.1, -0.05) is 64.7 Å². The molecule has 0 fully saturated rings. The van der Waals surface area contributed by atoms with Crippen molar-refractivity contribution >= 4 is 17.9 Å². The molecule has 2 aromatic carbocycles. The van der Waals surface area contributed by atoms with E-state index in [1.807, 2.05) is 24.3 Å². The van der Waals surface area contributed by atoms with E-state index >= 15 is 0 Å². The normalized spacial score (nSPS) is 11.4. The quantitative estimate of drug-likeness (QED) is 0.0850. The highest BCUT2D eigenvalue weighted by molar-refractivity contribution is 5.92. The van der Waals surface area contributed by atoms with Crippen LogP contribution in [-0.2, 0) is 14.3 Å². The molecule has 0 aliphatic heterocycles. The second-order valence-corrected chi connectivity index (χ2v) is 10.3. The van der Waals surface area contributed by atoms with Crippen molar-refractivity contribution in [1.82, 2.24) is 9.97 Å². The highest BCUT2D eigenvalue weighted by atomic mass is 16.6. The number of hydrogen-bond acceptors (Lipinski definition) is 9. The SMILES string of the molecule is CCCCCCCCCCCCOc1ccc(-c2cnc(C(=O)Oc3ccc(C(=O)O[C@H](C)C(=O)OC)cc3)cn2)cc1. The molecule has 9 nitrogen and oxygen atoms in total. The lowest BCUT2D eigenvalue weighted by Gasteiger charge is -2.11. The Hall–Kier alpha value is -4.27. The molecule has 0 amide bonds. The largest absolute Gasteiger partial charge is 0.494 e. The van der Waals surface area contributed by atoms with Crippen LogP contribution < -0.4 is 9.47 Å². The molecule has 0 aliphatic carbocycles. The number of carbonyl (C=O) groups is 3. The van der Waals surface area contributed by atoms with Crippen LogP contribution in [0, 0.1) is 0 Å². The second kappa shape index (κ2) is 18.3. The summed E-state index contributed by atoms with van der Waals surface area (Å²) in [5.41, 5.74) is 1.69. The molecule has 0 spiro atoms. The Bertz CT molecular complexity index is 1280. The van der Waals surface area contributed by atoms with Crippen molar-refractivity contribution in [3.63, 3.8) is 0 Å². The van der Waals surface area contributed by atoms with Gasteiger partial charge in [-0.15, -0.1) is 0 Å². The molecule has 0 N–H and O–H groups in total. The highest BCUT2D eigenvalue weighted by Gasteiger charge is 2.19. The van der Waals surface area contributed by atoms with Crippen LogP contribution in [-0.4, -0.2) is 47.7 Å². The van der Waals surface area contributed by atoms with Crippen molar-refractivity contribution in [3.05, 3.63) is 72.2 Å². The van der Waals surface area contributed by atoms with Gasteiger partial charge < -0.3 is 18.9 Å². The number of benzene rings is 2. The van der Waals surface area contributed by atoms with E-state index in [-0.39, 0.29) is 17.0 Å². The second-order valence-electron chi connectivity index (χ2n) is 10.3. The Labute approximate surface area is 253 Å². The fourth-order valence-corrected chi connectivity index (χ4v) is 4.35. The van der Waals surface area contributed by atoms with Crippen molar-refractivity contribution < 1.29 is 33.3 Å². The summed E-state index contributed by atoms with van der Waals surface area (Å²) in [6.07, 6.45) is 14.7. The summed E-state index contributed by atoms with van der Waals surface area (Å²) in [5, 5.41) is 0. The van der Waals surface area contributed by atoms with Crippen LogP contribution in [0.5, 0.6) is 11.5 Å². The van der Waals surface area contributed by atoms with Crippen molar-refractivity contribution in [2.75, 3.05) is 13.7 Å². The predicted octanol–water partition coefficient (Wildman–Crippen LogP) is 7.38. The maximum atomic E-state index is 12.5. The smallest absolute Gasteiger partial charge is 0.363 e. The van der Waals surface area contributed by atoms with Crippen LogP contribution in [0.1, 0.15) is 98.9 Å². The maximum absolute atomic E-state index is 12.5. The zero-order chi connectivity index (χ0) is 30.9. The summed E-state index contributed by atoms with van der Waals surface area (Å²) in [6.45, 7) is 4.36. The molecule has 1 heterocycles. The average molecular weight is 591 g/mol. The molecule has 3 rings (SSSR count). The van der Waals surface area contributed by atoms with E-state index in [2.05, 4.69) is 21.6 Å². The van der Waals surface area contributed by atoms with E-state index in [9.17, 15) is 14.4 Å². The number of aromatic nitrogens is 2. The highest BCUT2D eigenvalue weighted by Crippen LogP contribution is 2.21. The third-order valence-corrected chi connectivity index (χ3v) is 6.90. The summed E-state index contributed by atoms with van der Waals surface area (Å²) in [7, 11) is 1.21. The number of unbranched alkanes of at least 4 members (excludes halogenated alkanes) is 9. The minimum absolute atomic E-state index is 0.0376. The Morgan fingerprint density at radius 3 is 1.91 bits per heavy atom. The van der Waals surface area contributed by atoms with Crippen LogP contribution in [0.25, 0.3) is 11.3 Å². The molecule has 230 valence electrons. The van der Waals surface area contributed by atoms with E-state index in [1.165, 1.54) is 108 Å². The molecule has 3 aromatic rings. The number of esters is 3. The lowest BCUT2D eigenvalue weighted by atomic mass is 10.1. The molecule has 0 saturated carbocycles. The molecule has 1 aromatic heterocycles. The number of nitrogens with zero attached hydrogens (tertiary/aromatic N) is 2. The summed E-state index contributed by atoms with van der Waals surface area (Å²) in [4.78, 5) is 44.7. The predicted molar refractivity (Wildman–Crippen MR) is 163 cm³/mol. The Morgan fingerprint density at radius 1 is 0.721 bits per heavy atom. The van der Waals surface area contributed by atoms with Gasteiger partial charge in [0.1, 0.15) is 11.5 Å². The van der Waals surface area contributed by atoms with Gasteiger partial charge in [-0.2, -0.15) is 0 Å². The molecule has 9 heteroatoms. The van der Waals surface area contributed by atoms with Crippen molar-refractivity contribution in [3.8, 4) is 22.8 Å². The third-order valence-electron chi connectivity index (χ3n) is 6.90. The van der Waals surface area contributed by atoms with Crippen LogP contribution in [0.15, 0.2) is 60.9 Å². The van der Waals surface area contributed by atoms with Gasteiger partial charge in [-0.25, -0.2) is 19.4 Å². The van der Waals surface area contributed by atoms with Crippen LogP contribution in [0.2, 0.25) is 0 Å². The first kappa shape index (κ1) is 33.2. The van der Waals surface area contributed by atoms with Crippen LogP contribution in [0.3, 0.4) is 0 Å². The Morgan fingerprint density at radius 2 is 1.33 bits per heavy atom. The fourth-order valence-electron chi connectivity index (χ4n) is 4.35. The maximum Gasteiger partial charge on any atom is 0.363 e. The van der Waals surface area contributed by atoms with E-state index in [0.29, 0.717) is 12.3 Å². The van der Waals surface area contributed by atoms with Crippen LogP contribution >= 0.6 is 0 Å². The lowest BCUT2D eigenvalue weighted by Crippen LogP contribution is -2.25. The standard InChI is InChI=1S/C34H42N2O7/c1-4-5-6-7-8-9-10-11-12-13-22-41-28-18-14-26(15-19-28)30-23-36-31(24-35-30)34(39)43-29-20-16-27(17-21-29)33(38)42-25(2)32(37)40-3/h14-21,23-25H,4-13,22H2,1-3H3/t25-/m1/s1. The number of hydrogen-bond donors (Lipinski definition) is 0. The molecule has 0 radical (unpaired) electrons. The summed E-state index contributed by atoms with van der Waals surface area (Å²) < 4.78 is 20.8. The molecular weight excluding hydrogens is 548 g/mol. The minimum Gasteiger partial charge on any atom is -0.494 e. The Kier molecular flexibility index (Phi) is 14.1. The van der Waals surface area contributed by atoms with Gasteiger partial charge in [0.05, 0.1) is 37.4 Å². The van der Waals surface area contributed by atoms with Gasteiger partial charge >= 0.3 is 17.9 Å². The van der Waals surface area contributed by atoms with Gasteiger partial charge in [0.15, 0.2) is 11.8 Å². The van der Waals surface area contributed by atoms with Gasteiger partial charge in [0.25, 0.3) is 0 Å². The molecule has 0 unspecified atom stereocenters. The first-order valence-electron chi connectivity index (χ1n) is 15.1. The molecule has 0 bridgehead atoms. The van der Waals surface area contributed by atoms with Gasteiger partial charge in [-0.05, 0) is 61.9 Å². The zero-order valence-corrected chi connectivity index (χ0v) is 25.4. The van der Waals surface area contributed by atoms with E-state index in [0.717, 1.165) is 17.7 Å². The van der Waals surface area contributed by atoms with Gasteiger partial charge in [-0.3, -0.25) is 4.98 Å². The third kappa shape index (κ3) is 11.5.